The predicted octanol–water partition coefficient (Wildman–Crippen LogP) is 4.19. The summed E-state index contributed by atoms with van der Waals surface area (Å²) >= 11 is 0. The lowest BCUT2D eigenvalue weighted by molar-refractivity contribution is -0.159. The topological polar surface area (TPSA) is 35.5 Å². The van der Waals surface area contributed by atoms with Crippen molar-refractivity contribution in [2.24, 2.45) is 23.7 Å². The van der Waals surface area contributed by atoms with Crippen molar-refractivity contribution < 1.29 is 14.3 Å². The number of hydrogen-bond acceptors (Lipinski definition) is 3. The van der Waals surface area contributed by atoms with Gasteiger partial charge in [0, 0.05) is 0 Å². The van der Waals surface area contributed by atoms with E-state index in [0.717, 1.165) is 12.8 Å². The van der Waals surface area contributed by atoms with E-state index in [0.29, 0.717) is 17.8 Å². The molecule has 0 N–H and O–H groups in total. The van der Waals surface area contributed by atoms with Gasteiger partial charge in [0.2, 0.25) is 0 Å². The molecule has 0 heterocycles. The van der Waals surface area contributed by atoms with Gasteiger partial charge in [-0.3, -0.25) is 4.79 Å². The molecule has 122 valence electrons. The molecule has 21 heavy (non-hydrogen) atoms. The quantitative estimate of drug-likeness (QED) is 0.730. The normalized spacial score (nSPS) is 36.6. The van der Waals surface area contributed by atoms with Gasteiger partial charge in [0.05, 0.1) is 17.6 Å². The van der Waals surface area contributed by atoms with Gasteiger partial charge in [-0.15, -0.1) is 0 Å². The van der Waals surface area contributed by atoms with E-state index in [1.54, 1.807) is 0 Å². The van der Waals surface area contributed by atoms with Crippen molar-refractivity contribution in [2.45, 2.75) is 85.0 Å². The Labute approximate surface area is 129 Å². The van der Waals surface area contributed by atoms with Crippen LogP contribution < -0.4 is 0 Å². The van der Waals surface area contributed by atoms with Crippen molar-refractivity contribution in [2.75, 3.05) is 0 Å². The maximum atomic E-state index is 12.3. The van der Waals surface area contributed by atoms with Gasteiger partial charge >= 0.3 is 5.97 Å². The van der Waals surface area contributed by atoms with E-state index in [2.05, 4.69) is 20.8 Å². The third-order valence-electron chi connectivity index (χ3n) is 4.77. The molecule has 0 aromatic carbocycles. The van der Waals surface area contributed by atoms with Crippen LogP contribution in [0.2, 0.25) is 0 Å². The van der Waals surface area contributed by atoms with Crippen LogP contribution in [0.25, 0.3) is 0 Å². The number of carbonyl (C=O) groups excluding carboxylic acids is 1. The average Bonchev–Trinajstić information content (AvgIpc) is 3.05. The second-order valence-electron chi connectivity index (χ2n) is 8.41. The molecule has 0 bridgehead atoms. The number of carbonyl (C=O) groups is 1. The van der Waals surface area contributed by atoms with E-state index >= 15 is 0 Å². The Bertz CT molecular complexity index is 369. The number of esters is 1. The van der Waals surface area contributed by atoms with E-state index in [1.165, 1.54) is 12.8 Å². The highest BCUT2D eigenvalue weighted by Gasteiger charge is 2.48. The monoisotopic (exact) mass is 296 g/mol. The molecule has 2 saturated carbocycles. The van der Waals surface area contributed by atoms with Crippen LogP contribution in [0.4, 0.5) is 0 Å². The molecule has 2 rings (SSSR count). The summed E-state index contributed by atoms with van der Waals surface area (Å²) in [6.45, 7) is 12.8. The molecule has 2 fully saturated rings. The molecule has 5 atom stereocenters. The molecule has 3 nitrogen and oxygen atoms in total. The van der Waals surface area contributed by atoms with Gasteiger partial charge in [-0.2, -0.15) is 0 Å². The third kappa shape index (κ3) is 4.70. The van der Waals surface area contributed by atoms with Gasteiger partial charge in [0.15, 0.2) is 0 Å². The van der Waals surface area contributed by atoms with Gasteiger partial charge in [-0.25, -0.2) is 0 Å². The molecule has 0 unspecified atom stereocenters. The zero-order valence-corrected chi connectivity index (χ0v) is 14.5. The molecule has 0 saturated heterocycles. The lowest BCUT2D eigenvalue weighted by Crippen LogP contribution is -2.36. The van der Waals surface area contributed by atoms with E-state index < -0.39 is 0 Å². The fourth-order valence-electron chi connectivity index (χ4n) is 3.49. The fourth-order valence-corrected chi connectivity index (χ4v) is 3.49. The van der Waals surface area contributed by atoms with E-state index in [-0.39, 0.29) is 29.7 Å². The molecular weight excluding hydrogens is 264 g/mol. The largest absolute Gasteiger partial charge is 0.462 e. The molecule has 0 radical (unpaired) electrons. The smallest absolute Gasteiger partial charge is 0.311 e. The van der Waals surface area contributed by atoms with E-state index in [9.17, 15) is 4.79 Å². The predicted molar refractivity (Wildman–Crippen MR) is 84.0 cm³/mol. The first-order chi connectivity index (χ1) is 9.67. The highest BCUT2D eigenvalue weighted by Crippen LogP contribution is 2.40. The lowest BCUT2D eigenvalue weighted by atomic mass is 9.75. The minimum atomic E-state index is -0.181. The van der Waals surface area contributed by atoms with Crippen molar-refractivity contribution in [3.8, 4) is 0 Å². The standard InChI is InChI=1S/C18H32O3/c1-11(2)13-8-7-12(3)9-15(13)20-17(19)14-10-16(14)21-18(4,5)6/h11-16H,7-10H2,1-6H3/t12-,13+,14-,15-,16-/m0/s1. The maximum Gasteiger partial charge on any atom is 0.311 e. The lowest BCUT2D eigenvalue weighted by Gasteiger charge is -2.36. The highest BCUT2D eigenvalue weighted by atomic mass is 16.6. The van der Waals surface area contributed by atoms with Crippen molar-refractivity contribution in [1.29, 1.82) is 0 Å². The summed E-state index contributed by atoms with van der Waals surface area (Å²) in [5.41, 5.74) is -0.181. The summed E-state index contributed by atoms with van der Waals surface area (Å²) in [5, 5.41) is 0. The van der Waals surface area contributed by atoms with Gasteiger partial charge < -0.3 is 9.47 Å². The molecule has 0 amide bonds. The average molecular weight is 296 g/mol. The Morgan fingerprint density at radius 2 is 1.76 bits per heavy atom. The van der Waals surface area contributed by atoms with Crippen LogP contribution in [-0.2, 0) is 14.3 Å². The highest BCUT2D eigenvalue weighted by molar-refractivity contribution is 5.76. The number of rotatable bonds is 4. The Balaban J connectivity index is 1.87. The summed E-state index contributed by atoms with van der Waals surface area (Å²) in [6.07, 6.45) is 4.46. The van der Waals surface area contributed by atoms with E-state index in [4.69, 9.17) is 9.47 Å². The van der Waals surface area contributed by atoms with Crippen LogP contribution in [0.1, 0.15) is 67.2 Å². The van der Waals surface area contributed by atoms with Crippen molar-refractivity contribution in [1.82, 2.24) is 0 Å². The molecule has 3 heteroatoms. The van der Waals surface area contributed by atoms with Crippen LogP contribution in [0, 0.1) is 23.7 Å². The summed E-state index contributed by atoms with van der Waals surface area (Å²) in [6, 6.07) is 0. The number of hydrogen-bond donors (Lipinski definition) is 0. The molecule has 2 aliphatic carbocycles. The summed E-state index contributed by atoms with van der Waals surface area (Å²) in [7, 11) is 0. The Hall–Kier alpha value is -0.570. The van der Waals surface area contributed by atoms with Gasteiger partial charge in [-0.1, -0.05) is 27.2 Å². The minimum absolute atomic E-state index is 0.0331. The second-order valence-corrected chi connectivity index (χ2v) is 8.41. The van der Waals surface area contributed by atoms with Crippen LogP contribution in [-0.4, -0.2) is 23.8 Å². The SMILES string of the molecule is CC(C)[C@H]1CC[C@H](C)C[C@@H]1OC(=O)[C@H]1C[C@@H]1OC(C)(C)C. The molecular formula is C18H32O3. The third-order valence-corrected chi connectivity index (χ3v) is 4.77. The van der Waals surface area contributed by atoms with Gasteiger partial charge in [0.1, 0.15) is 6.10 Å². The molecule has 0 aliphatic heterocycles. The fraction of sp³-hybridized carbons (Fsp3) is 0.944. The second kappa shape index (κ2) is 6.28. The van der Waals surface area contributed by atoms with Crippen LogP contribution in [0.3, 0.4) is 0 Å². The van der Waals surface area contributed by atoms with Crippen LogP contribution in [0.5, 0.6) is 0 Å². The first-order valence-corrected chi connectivity index (χ1v) is 8.55. The van der Waals surface area contributed by atoms with Crippen molar-refractivity contribution in [3.05, 3.63) is 0 Å². The van der Waals surface area contributed by atoms with Crippen LogP contribution in [0.15, 0.2) is 0 Å². The summed E-state index contributed by atoms with van der Waals surface area (Å²) in [4.78, 5) is 12.3. The van der Waals surface area contributed by atoms with E-state index in [1.807, 2.05) is 20.8 Å². The Kier molecular flexibility index (Phi) is 5.02. The zero-order chi connectivity index (χ0) is 15.8. The van der Waals surface area contributed by atoms with Gasteiger partial charge in [-0.05, 0) is 57.8 Å². The first kappa shape index (κ1) is 16.8. The Morgan fingerprint density at radius 3 is 2.33 bits per heavy atom. The van der Waals surface area contributed by atoms with Gasteiger partial charge in [0.25, 0.3) is 0 Å². The first-order valence-electron chi connectivity index (χ1n) is 8.55. The Morgan fingerprint density at radius 1 is 1.10 bits per heavy atom. The number of ether oxygens (including phenoxy) is 2. The summed E-state index contributed by atoms with van der Waals surface area (Å²) < 4.78 is 11.8. The minimum Gasteiger partial charge on any atom is -0.462 e. The molecule has 2 aliphatic rings. The van der Waals surface area contributed by atoms with Crippen molar-refractivity contribution >= 4 is 5.97 Å². The maximum absolute atomic E-state index is 12.3. The molecule has 0 aromatic rings. The van der Waals surface area contributed by atoms with Crippen LogP contribution >= 0.6 is 0 Å². The molecule has 0 spiro atoms. The van der Waals surface area contributed by atoms with Crippen molar-refractivity contribution in [3.63, 3.8) is 0 Å². The zero-order valence-electron chi connectivity index (χ0n) is 14.5. The summed E-state index contributed by atoms with van der Waals surface area (Å²) in [5.74, 6) is 1.70. The molecule has 0 aromatic heterocycles.